The minimum absolute atomic E-state index is 0.113. The van der Waals surface area contributed by atoms with Gasteiger partial charge in [0.05, 0.1) is 21.7 Å². The van der Waals surface area contributed by atoms with E-state index < -0.39 is 10.0 Å². The standard InChI is InChI=1S/C22H18N2O5S2/c25-22-24(13-15-4-2-1-3-5-15)18-8-7-17(11-21(18)30-22)31(26,27)23-12-16-6-9-19-20(10-16)29-14-28-19/h1-11,23H,12-14H2. The van der Waals surface area contributed by atoms with E-state index in [0.29, 0.717) is 28.3 Å². The number of thiazole rings is 1. The van der Waals surface area contributed by atoms with Crippen LogP contribution in [0.25, 0.3) is 10.2 Å². The summed E-state index contributed by atoms with van der Waals surface area (Å²) in [4.78, 5) is 12.5. The molecule has 0 aliphatic carbocycles. The number of fused-ring (bicyclic) bond motifs is 2. The third-order valence-corrected chi connectivity index (χ3v) is 7.38. The normalized spacial score (nSPS) is 13.0. The maximum atomic E-state index is 12.8. The van der Waals surface area contributed by atoms with Crippen molar-refractivity contribution in [1.29, 1.82) is 0 Å². The summed E-state index contributed by atoms with van der Waals surface area (Å²) < 4.78 is 41.1. The van der Waals surface area contributed by atoms with E-state index in [1.54, 1.807) is 34.9 Å². The Labute approximate surface area is 182 Å². The monoisotopic (exact) mass is 454 g/mol. The van der Waals surface area contributed by atoms with Gasteiger partial charge in [0.15, 0.2) is 11.5 Å². The molecule has 0 unspecified atom stereocenters. The second-order valence-corrected chi connectivity index (χ2v) is 9.84. The third-order valence-electron chi connectivity index (χ3n) is 5.04. The van der Waals surface area contributed by atoms with E-state index in [1.165, 1.54) is 6.07 Å². The Kier molecular flexibility index (Phi) is 5.01. The first-order chi connectivity index (χ1) is 15.0. The molecule has 1 aromatic heterocycles. The fourth-order valence-electron chi connectivity index (χ4n) is 3.44. The summed E-state index contributed by atoms with van der Waals surface area (Å²) in [5, 5.41) is 0. The Morgan fingerprint density at radius 3 is 2.58 bits per heavy atom. The molecule has 0 atom stereocenters. The molecule has 0 spiro atoms. The molecule has 1 aliphatic rings. The van der Waals surface area contributed by atoms with Gasteiger partial charge in [-0.3, -0.25) is 9.36 Å². The maximum absolute atomic E-state index is 12.8. The summed E-state index contributed by atoms with van der Waals surface area (Å²) in [6.07, 6.45) is 0. The number of hydrogen-bond acceptors (Lipinski definition) is 6. The lowest BCUT2D eigenvalue weighted by Gasteiger charge is -2.08. The zero-order valence-electron chi connectivity index (χ0n) is 16.3. The molecule has 1 N–H and O–H groups in total. The average molecular weight is 455 g/mol. The predicted molar refractivity (Wildman–Crippen MR) is 118 cm³/mol. The van der Waals surface area contributed by atoms with Crippen LogP contribution >= 0.6 is 11.3 Å². The average Bonchev–Trinajstić information content (AvgIpc) is 3.36. The summed E-state index contributed by atoms with van der Waals surface area (Å²) in [6, 6.07) is 19.7. The number of rotatable bonds is 6. The van der Waals surface area contributed by atoms with Crippen LogP contribution in [0.5, 0.6) is 11.5 Å². The second kappa shape index (κ2) is 7.84. The van der Waals surface area contributed by atoms with Crippen LogP contribution in [0.15, 0.2) is 76.4 Å². The number of ether oxygens (including phenoxy) is 2. The van der Waals surface area contributed by atoms with E-state index >= 15 is 0 Å². The van der Waals surface area contributed by atoms with E-state index in [9.17, 15) is 13.2 Å². The molecule has 1 aliphatic heterocycles. The molecule has 0 radical (unpaired) electrons. The highest BCUT2D eigenvalue weighted by Gasteiger charge is 2.18. The number of hydrogen-bond donors (Lipinski definition) is 1. The van der Waals surface area contributed by atoms with Gasteiger partial charge in [-0.25, -0.2) is 13.1 Å². The van der Waals surface area contributed by atoms with Crippen molar-refractivity contribution in [2.24, 2.45) is 0 Å². The van der Waals surface area contributed by atoms with Crippen LogP contribution in [0.3, 0.4) is 0 Å². The molecule has 7 nitrogen and oxygen atoms in total. The van der Waals surface area contributed by atoms with Crippen molar-refractivity contribution in [3.05, 3.63) is 87.5 Å². The van der Waals surface area contributed by atoms with Gasteiger partial charge in [-0.2, -0.15) is 0 Å². The first-order valence-electron chi connectivity index (χ1n) is 9.55. The van der Waals surface area contributed by atoms with Crippen molar-refractivity contribution in [3.8, 4) is 11.5 Å². The quantitative estimate of drug-likeness (QED) is 0.483. The molecule has 9 heteroatoms. The highest BCUT2D eigenvalue weighted by molar-refractivity contribution is 7.89. The molecule has 158 valence electrons. The summed E-state index contributed by atoms with van der Waals surface area (Å²) in [5.41, 5.74) is 2.48. The van der Waals surface area contributed by atoms with Crippen LogP contribution in [-0.4, -0.2) is 19.8 Å². The second-order valence-electron chi connectivity index (χ2n) is 7.08. The fraction of sp³-hybridized carbons (Fsp3) is 0.136. The van der Waals surface area contributed by atoms with Gasteiger partial charge in [-0.1, -0.05) is 47.7 Å². The summed E-state index contributed by atoms with van der Waals surface area (Å²) in [5.74, 6) is 1.25. The minimum Gasteiger partial charge on any atom is -0.454 e. The molecule has 0 saturated heterocycles. The third kappa shape index (κ3) is 3.95. The molecule has 0 bridgehead atoms. The van der Waals surface area contributed by atoms with E-state index in [4.69, 9.17) is 9.47 Å². The molecule has 3 aromatic carbocycles. The molecule has 0 amide bonds. The minimum atomic E-state index is -3.75. The van der Waals surface area contributed by atoms with Crippen LogP contribution in [0.2, 0.25) is 0 Å². The Morgan fingerprint density at radius 2 is 1.74 bits per heavy atom. The molecule has 0 saturated carbocycles. The van der Waals surface area contributed by atoms with Crippen molar-refractivity contribution in [2.45, 2.75) is 18.0 Å². The van der Waals surface area contributed by atoms with Crippen molar-refractivity contribution in [1.82, 2.24) is 9.29 Å². The number of nitrogens with one attached hydrogen (secondary N) is 1. The Bertz CT molecular complexity index is 1430. The van der Waals surface area contributed by atoms with Crippen molar-refractivity contribution in [2.75, 3.05) is 6.79 Å². The van der Waals surface area contributed by atoms with Gasteiger partial charge in [0, 0.05) is 6.54 Å². The van der Waals surface area contributed by atoms with Gasteiger partial charge in [-0.15, -0.1) is 0 Å². The SMILES string of the molecule is O=c1sc2cc(S(=O)(=O)NCc3ccc4c(c3)OCO4)ccc2n1Cc1ccccc1. The predicted octanol–water partition coefficient (Wildman–Crippen LogP) is 3.32. The van der Waals surface area contributed by atoms with Crippen molar-refractivity contribution < 1.29 is 17.9 Å². The van der Waals surface area contributed by atoms with Crippen molar-refractivity contribution in [3.63, 3.8) is 0 Å². The van der Waals surface area contributed by atoms with Gasteiger partial charge in [0.1, 0.15) is 0 Å². The molecular formula is C22H18N2O5S2. The van der Waals surface area contributed by atoms with Gasteiger partial charge in [0.2, 0.25) is 16.8 Å². The maximum Gasteiger partial charge on any atom is 0.308 e. The van der Waals surface area contributed by atoms with Gasteiger partial charge >= 0.3 is 4.87 Å². The van der Waals surface area contributed by atoms with Gasteiger partial charge in [0.25, 0.3) is 0 Å². The van der Waals surface area contributed by atoms with Crippen LogP contribution in [-0.2, 0) is 23.1 Å². The Hall–Kier alpha value is -3.14. The number of aromatic nitrogens is 1. The topological polar surface area (TPSA) is 86.6 Å². The zero-order chi connectivity index (χ0) is 21.4. The summed E-state index contributed by atoms with van der Waals surface area (Å²) in [6.45, 7) is 0.716. The molecule has 5 rings (SSSR count). The summed E-state index contributed by atoms with van der Waals surface area (Å²) in [7, 11) is -3.75. The van der Waals surface area contributed by atoms with E-state index in [-0.39, 0.29) is 23.1 Å². The lowest BCUT2D eigenvalue weighted by molar-refractivity contribution is 0.174. The smallest absolute Gasteiger partial charge is 0.308 e. The van der Waals surface area contributed by atoms with Crippen molar-refractivity contribution >= 4 is 31.6 Å². The fourth-order valence-corrected chi connectivity index (χ4v) is 5.49. The van der Waals surface area contributed by atoms with Crippen LogP contribution in [0, 0.1) is 0 Å². The van der Waals surface area contributed by atoms with E-state index in [0.717, 1.165) is 22.5 Å². The molecule has 4 aromatic rings. The van der Waals surface area contributed by atoms with E-state index in [2.05, 4.69) is 4.72 Å². The van der Waals surface area contributed by atoms with Crippen LogP contribution < -0.4 is 19.1 Å². The van der Waals surface area contributed by atoms with Gasteiger partial charge < -0.3 is 9.47 Å². The lowest BCUT2D eigenvalue weighted by atomic mass is 10.2. The zero-order valence-corrected chi connectivity index (χ0v) is 17.9. The molecule has 31 heavy (non-hydrogen) atoms. The number of sulfonamides is 1. The van der Waals surface area contributed by atoms with Crippen LogP contribution in [0.4, 0.5) is 0 Å². The molecular weight excluding hydrogens is 436 g/mol. The first-order valence-corrected chi connectivity index (χ1v) is 11.9. The van der Waals surface area contributed by atoms with Gasteiger partial charge in [-0.05, 0) is 41.5 Å². The molecule has 2 heterocycles. The van der Waals surface area contributed by atoms with E-state index in [1.807, 2.05) is 30.3 Å². The van der Waals surface area contributed by atoms with Crippen LogP contribution in [0.1, 0.15) is 11.1 Å². The molecule has 0 fully saturated rings. The Morgan fingerprint density at radius 1 is 0.935 bits per heavy atom. The first kappa shape index (κ1) is 19.8. The lowest BCUT2D eigenvalue weighted by Crippen LogP contribution is -2.23. The highest BCUT2D eigenvalue weighted by atomic mass is 32.2. The Balaban J connectivity index is 1.38. The number of benzene rings is 3. The number of nitrogens with zero attached hydrogens (tertiary/aromatic N) is 1. The highest BCUT2D eigenvalue weighted by Crippen LogP contribution is 2.32. The largest absolute Gasteiger partial charge is 0.454 e. The summed E-state index contributed by atoms with van der Waals surface area (Å²) >= 11 is 1.04.